The number of nitrogens with one attached hydrogen (secondary N) is 1. The van der Waals surface area contributed by atoms with Gasteiger partial charge in [-0.3, -0.25) is 9.79 Å². The monoisotopic (exact) mass is 296 g/mol. The smallest absolute Gasteiger partial charge is 0.225 e. The van der Waals surface area contributed by atoms with Crippen LogP contribution < -0.4 is 5.32 Å². The summed E-state index contributed by atoms with van der Waals surface area (Å²) in [4.78, 5) is 16.1. The molecular formula is C18H20N2O2. The van der Waals surface area contributed by atoms with E-state index in [9.17, 15) is 4.79 Å². The average molecular weight is 296 g/mol. The van der Waals surface area contributed by atoms with E-state index in [4.69, 9.17) is 4.42 Å². The van der Waals surface area contributed by atoms with Crippen molar-refractivity contribution in [2.75, 3.05) is 7.05 Å². The van der Waals surface area contributed by atoms with Crippen molar-refractivity contribution in [1.82, 2.24) is 5.32 Å². The predicted octanol–water partition coefficient (Wildman–Crippen LogP) is 3.46. The van der Waals surface area contributed by atoms with Gasteiger partial charge in [0.15, 0.2) is 0 Å². The Morgan fingerprint density at radius 2 is 2.00 bits per heavy atom. The third-order valence-corrected chi connectivity index (χ3v) is 3.26. The Balaban J connectivity index is 1.90. The van der Waals surface area contributed by atoms with Gasteiger partial charge in [0.2, 0.25) is 5.91 Å². The fraction of sp³-hybridized carbons (Fsp3) is 0.222. The number of carbonyl (C=O) groups is 1. The number of hydrogen-bond acceptors (Lipinski definition) is 3. The zero-order chi connectivity index (χ0) is 15.8. The van der Waals surface area contributed by atoms with Gasteiger partial charge in [-0.1, -0.05) is 30.3 Å². The van der Waals surface area contributed by atoms with Crippen LogP contribution in [0.2, 0.25) is 0 Å². The number of hydrogen-bond donors (Lipinski definition) is 1. The number of carbonyl (C=O) groups excluding carboxylic acids is 1. The Kier molecular flexibility index (Phi) is 5.72. The number of aryl methyl sites for hydroxylation is 1. The predicted molar refractivity (Wildman–Crippen MR) is 88.6 cm³/mol. The van der Waals surface area contributed by atoms with Gasteiger partial charge in [-0.05, 0) is 42.7 Å². The second-order valence-electron chi connectivity index (χ2n) is 4.95. The summed E-state index contributed by atoms with van der Waals surface area (Å²) in [7, 11) is 1.65. The van der Waals surface area contributed by atoms with Crippen LogP contribution >= 0.6 is 0 Å². The Bertz CT molecular complexity index is 656. The standard InChI is InChI=1S/C18H20N2O2/c1-14(16-9-6-12-22-16)13-17(19-2)20-18(21)11-10-15-7-4-3-5-8-15/h3-9,12-13H,10-11H2,1-2H3,(H,19,20,21)/b14-13+. The first-order valence-corrected chi connectivity index (χ1v) is 7.22. The van der Waals surface area contributed by atoms with Gasteiger partial charge >= 0.3 is 0 Å². The zero-order valence-corrected chi connectivity index (χ0v) is 12.9. The minimum atomic E-state index is -0.0482. The van der Waals surface area contributed by atoms with E-state index in [1.54, 1.807) is 19.4 Å². The van der Waals surface area contributed by atoms with E-state index in [1.165, 1.54) is 0 Å². The first-order valence-electron chi connectivity index (χ1n) is 7.22. The second kappa shape index (κ2) is 7.98. The largest absolute Gasteiger partial charge is 0.465 e. The summed E-state index contributed by atoms with van der Waals surface area (Å²) in [5, 5.41) is 2.82. The normalized spacial score (nSPS) is 12.3. The lowest BCUT2D eigenvalue weighted by Gasteiger charge is -2.06. The van der Waals surface area contributed by atoms with E-state index < -0.39 is 0 Å². The summed E-state index contributed by atoms with van der Waals surface area (Å²) < 4.78 is 5.31. The summed E-state index contributed by atoms with van der Waals surface area (Å²) in [6, 6.07) is 13.6. The molecule has 0 aliphatic heterocycles. The molecule has 22 heavy (non-hydrogen) atoms. The summed E-state index contributed by atoms with van der Waals surface area (Å²) in [6.45, 7) is 1.92. The number of furan rings is 1. The van der Waals surface area contributed by atoms with Crippen molar-refractivity contribution in [3.8, 4) is 0 Å². The molecule has 1 aromatic carbocycles. The highest BCUT2D eigenvalue weighted by Crippen LogP contribution is 2.13. The van der Waals surface area contributed by atoms with Crippen LogP contribution in [-0.2, 0) is 11.2 Å². The molecule has 0 aliphatic rings. The van der Waals surface area contributed by atoms with Crippen LogP contribution in [0.15, 0.2) is 64.2 Å². The molecule has 1 N–H and O–H groups in total. The third kappa shape index (κ3) is 4.74. The van der Waals surface area contributed by atoms with Crippen molar-refractivity contribution in [3.63, 3.8) is 0 Å². The number of amidine groups is 1. The number of benzene rings is 1. The van der Waals surface area contributed by atoms with Gasteiger partial charge in [0.1, 0.15) is 11.6 Å². The highest BCUT2D eigenvalue weighted by atomic mass is 16.3. The van der Waals surface area contributed by atoms with Crippen molar-refractivity contribution in [1.29, 1.82) is 0 Å². The second-order valence-corrected chi connectivity index (χ2v) is 4.95. The van der Waals surface area contributed by atoms with E-state index >= 15 is 0 Å². The molecule has 1 heterocycles. The minimum Gasteiger partial charge on any atom is -0.465 e. The number of rotatable bonds is 5. The summed E-state index contributed by atoms with van der Waals surface area (Å²) in [6.07, 6.45) is 4.56. The quantitative estimate of drug-likeness (QED) is 0.678. The van der Waals surface area contributed by atoms with Gasteiger partial charge in [0.05, 0.1) is 6.26 Å². The maximum atomic E-state index is 12.0. The summed E-state index contributed by atoms with van der Waals surface area (Å²) >= 11 is 0. The molecule has 1 aromatic heterocycles. The van der Waals surface area contributed by atoms with Gasteiger partial charge in [-0.2, -0.15) is 0 Å². The first-order chi connectivity index (χ1) is 10.7. The number of aliphatic imine (C=N–C) groups is 1. The van der Waals surface area contributed by atoms with Gasteiger partial charge in [-0.25, -0.2) is 0 Å². The highest BCUT2D eigenvalue weighted by molar-refractivity contribution is 6.07. The van der Waals surface area contributed by atoms with E-state index in [0.717, 1.165) is 16.9 Å². The lowest BCUT2D eigenvalue weighted by molar-refractivity contribution is -0.119. The highest BCUT2D eigenvalue weighted by Gasteiger charge is 2.06. The van der Waals surface area contributed by atoms with Crippen LogP contribution in [0.3, 0.4) is 0 Å². The molecule has 0 fully saturated rings. The molecule has 0 atom stereocenters. The maximum absolute atomic E-state index is 12.0. The van der Waals surface area contributed by atoms with Crippen LogP contribution in [0.4, 0.5) is 0 Å². The molecule has 0 bridgehead atoms. The van der Waals surface area contributed by atoms with Crippen molar-refractivity contribution in [2.45, 2.75) is 19.8 Å². The van der Waals surface area contributed by atoms with Gasteiger partial charge in [0, 0.05) is 13.5 Å². The van der Waals surface area contributed by atoms with Crippen LogP contribution in [0, 0.1) is 0 Å². The zero-order valence-electron chi connectivity index (χ0n) is 12.9. The first kappa shape index (κ1) is 15.8. The van der Waals surface area contributed by atoms with E-state index in [2.05, 4.69) is 10.3 Å². The molecule has 2 rings (SSSR count). The molecule has 0 spiro atoms. The van der Waals surface area contributed by atoms with E-state index in [-0.39, 0.29) is 5.91 Å². The Morgan fingerprint density at radius 1 is 1.23 bits per heavy atom. The van der Waals surface area contributed by atoms with Crippen LogP contribution in [0.25, 0.3) is 5.57 Å². The lowest BCUT2D eigenvalue weighted by Crippen LogP contribution is -2.29. The Hall–Kier alpha value is -2.62. The minimum absolute atomic E-state index is 0.0482. The van der Waals surface area contributed by atoms with Crippen molar-refractivity contribution in [2.24, 2.45) is 4.99 Å². The van der Waals surface area contributed by atoms with Crippen molar-refractivity contribution < 1.29 is 9.21 Å². The molecule has 0 aliphatic carbocycles. The van der Waals surface area contributed by atoms with Crippen LogP contribution in [0.5, 0.6) is 0 Å². The number of nitrogens with zero attached hydrogens (tertiary/aromatic N) is 1. The fourth-order valence-corrected chi connectivity index (χ4v) is 2.04. The summed E-state index contributed by atoms with van der Waals surface area (Å²) in [5.74, 6) is 1.25. The molecule has 1 amide bonds. The Morgan fingerprint density at radius 3 is 2.64 bits per heavy atom. The number of allylic oxidation sites excluding steroid dienone is 1. The number of amides is 1. The third-order valence-electron chi connectivity index (χ3n) is 3.26. The van der Waals surface area contributed by atoms with E-state index in [0.29, 0.717) is 18.7 Å². The Labute approximate surface area is 130 Å². The van der Waals surface area contributed by atoms with Gasteiger partial charge in [0.25, 0.3) is 0 Å². The van der Waals surface area contributed by atoms with Gasteiger partial charge in [-0.15, -0.1) is 0 Å². The average Bonchev–Trinajstić information content (AvgIpc) is 3.08. The molecule has 4 heteroatoms. The molecule has 0 saturated carbocycles. The molecule has 114 valence electrons. The molecule has 2 aromatic rings. The van der Waals surface area contributed by atoms with Crippen molar-refractivity contribution in [3.05, 3.63) is 66.1 Å². The topological polar surface area (TPSA) is 54.6 Å². The van der Waals surface area contributed by atoms with E-state index in [1.807, 2.05) is 49.4 Å². The SMILES string of the molecule is CN=C(/C=C(\C)c1ccco1)NC(=O)CCc1ccccc1. The lowest BCUT2D eigenvalue weighted by atomic mass is 10.1. The molecule has 4 nitrogen and oxygen atoms in total. The van der Waals surface area contributed by atoms with Crippen molar-refractivity contribution >= 4 is 17.3 Å². The fourth-order valence-electron chi connectivity index (χ4n) is 2.04. The van der Waals surface area contributed by atoms with Crippen LogP contribution in [0.1, 0.15) is 24.7 Å². The summed E-state index contributed by atoms with van der Waals surface area (Å²) in [5.41, 5.74) is 2.06. The molecule has 0 saturated heterocycles. The van der Waals surface area contributed by atoms with Crippen LogP contribution in [-0.4, -0.2) is 18.8 Å². The molecule has 0 unspecified atom stereocenters. The molecule has 0 radical (unpaired) electrons. The molecular weight excluding hydrogens is 276 g/mol. The maximum Gasteiger partial charge on any atom is 0.225 e. The van der Waals surface area contributed by atoms with Gasteiger partial charge < -0.3 is 9.73 Å².